The van der Waals surface area contributed by atoms with E-state index in [1.54, 1.807) is 18.2 Å². The molecule has 1 amide bonds. The molecule has 1 saturated heterocycles. The standard InChI is InChI=1S/C16H17FN2O/c1-11-4-2-3-9-19(11)16(20)15-7-5-12-10-13(17)6-8-14(12)18-15/h5-8,10-11H,2-4,9H2,1H3. The SMILES string of the molecule is CC1CCCCN1C(=O)c1ccc2cc(F)ccc2n1. The number of piperidine rings is 1. The van der Waals surface area contributed by atoms with Crippen molar-refractivity contribution in [3.05, 3.63) is 41.8 Å². The van der Waals surface area contributed by atoms with Gasteiger partial charge in [0.1, 0.15) is 11.5 Å². The minimum atomic E-state index is -0.289. The molecular formula is C16H17FN2O. The van der Waals surface area contributed by atoms with E-state index in [-0.39, 0.29) is 17.8 Å². The second-order valence-electron chi connectivity index (χ2n) is 5.38. The lowest BCUT2D eigenvalue weighted by Crippen LogP contribution is -2.42. The summed E-state index contributed by atoms with van der Waals surface area (Å²) in [6, 6.07) is 8.12. The van der Waals surface area contributed by atoms with Crippen molar-refractivity contribution in [2.75, 3.05) is 6.54 Å². The Balaban J connectivity index is 1.93. The van der Waals surface area contributed by atoms with Crippen LogP contribution in [0.4, 0.5) is 4.39 Å². The van der Waals surface area contributed by atoms with E-state index in [4.69, 9.17) is 0 Å². The van der Waals surface area contributed by atoms with Gasteiger partial charge in [0, 0.05) is 18.0 Å². The second kappa shape index (κ2) is 5.19. The van der Waals surface area contributed by atoms with Crippen LogP contribution in [0, 0.1) is 5.82 Å². The average Bonchev–Trinajstić information content (AvgIpc) is 2.46. The summed E-state index contributed by atoms with van der Waals surface area (Å²) in [5, 5.41) is 0.716. The van der Waals surface area contributed by atoms with Crippen LogP contribution in [0.1, 0.15) is 36.7 Å². The van der Waals surface area contributed by atoms with Crippen LogP contribution in [0.3, 0.4) is 0 Å². The number of carbonyl (C=O) groups excluding carboxylic acids is 1. The van der Waals surface area contributed by atoms with E-state index < -0.39 is 0 Å². The second-order valence-corrected chi connectivity index (χ2v) is 5.38. The molecule has 0 saturated carbocycles. The van der Waals surface area contributed by atoms with Gasteiger partial charge in [-0.15, -0.1) is 0 Å². The first kappa shape index (κ1) is 13.0. The molecule has 2 heterocycles. The van der Waals surface area contributed by atoms with Crippen molar-refractivity contribution in [3.63, 3.8) is 0 Å². The smallest absolute Gasteiger partial charge is 0.272 e. The number of halogens is 1. The lowest BCUT2D eigenvalue weighted by Gasteiger charge is -2.33. The maximum atomic E-state index is 13.1. The fourth-order valence-electron chi connectivity index (χ4n) is 2.76. The van der Waals surface area contributed by atoms with Crippen LogP contribution >= 0.6 is 0 Å². The van der Waals surface area contributed by atoms with Gasteiger partial charge in [0.05, 0.1) is 5.52 Å². The maximum absolute atomic E-state index is 13.1. The molecule has 1 aromatic heterocycles. The van der Waals surface area contributed by atoms with Gasteiger partial charge in [-0.3, -0.25) is 4.79 Å². The van der Waals surface area contributed by atoms with Gasteiger partial charge in [-0.1, -0.05) is 6.07 Å². The molecular weight excluding hydrogens is 255 g/mol. The van der Waals surface area contributed by atoms with Gasteiger partial charge in [-0.2, -0.15) is 0 Å². The minimum absolute atomic E-state index is 0.0246. The molecule has 3 nitrogen and oxygen atoms in total. The van der Waals surface area contributed by atoms with E-state index in [2.05, 4.69) is 11.9 Å². The van der Waals surface area contributed by atoms with Crippen LogP contribution in [0.5, 0.6) is 0 Å². The Hall–Kier alpha value is -1.97. The van der Waals surface area contributed by atoms with Crippen molar-refractivity contribution in [2.24, 2.45) is 0 Å². The Morgan fingerprint density at radius 3 is 2.95 bits per heavy atom. The topological polar surface area (TPSA) is 33.2 Å². The fourth-order valence-corrected chi connectivity index (χ4v) is 2.76. The van der Waals surface area contributed by atoms with Crippen molar-refractivity contribution >= 4 is 16.8 Å². The highest BCUT2D eigenvalue weighted by atomic mass is 19.1. The number of amides is 1. The number of fused-ring (bicyclic) bond motifs is 1. The molecule has 20 heavy (non-hydrogen) atoms. The van der Waals surface area contributed by atoms with E-state index >= 15 is 0 Å². The molecule has 3 rings (SSSR count). The van der Waals surface area contributed by atoms with Crippen LogP contribution in [0.25, 0.3) is 10.9 Å². The first-order valence-corrected chi connectivity index (χ1v) is 7.02. The molecule has 1 aromatic carbocycles. The molecule has 0 bridgehead atoms. The van der Waals surface area contributed by atoms with Gasteiger partial charge in [-0.05, 0) is 50.5 Å². The first-order valence-electron chi connectivity index (χ1n) is 7.02. The van der Waals surface area contributed by atoms with Crippen molar-refractivity contribution in [1.29, 1.82) is 0 Å². The van der Waals surface area contributed by atoms with E-state index in [0.29, 0.717) is 16.6 Å². The zero-order chi connectivity index (χ0) is 14.1. The summed E-state index contributed by atoms with van der Waals surface area (Å²) in [4.78, 5) is 18.8. The third kappa shape index (κ3) is 2.38. The summed E-state index contributed by atoms with van der Waals surface area (Å²) < 4.78 is 13.1. The number of aromatic nitrogens is 1. The monoisotopic (exact) mass is 272 g/mol. The largest absolute Gasteiger partial charge is 0.335 e. The molecule has 4 heteroatoms. The number of nitrogens with zero attached hydrogens (tertiary/aromatic N) is 2. The lowest BCUT2D eigenvalue weighted by molar-refractivity contribution is 0.0630. The van der Waals surface area contributed by atoms with Gasteiger partial charge in [-0.25, -0.2) is 9.37 Å². The van der Waals surface area contributed by atoms with Crippen molar-refractivity contribution in [3.8, 4) is 0 Å². The van der Waals surface area contributed by atoms with Gasteiger partial charge >= 0.3 is 0 Å². The average molecular weight is 272 g/mol. The Bertz CT molecular complexity index is 656. The molecule has 0 radical (unpaired) electrons. The molecule has 104 valence electrons. The van der Waals surface area contributed by atoms with Crippen LogP contribution in [0.2, 0.25) is 0 Å². The summed E-state index contributed by atoms with van der Waals surface area (Å²) in [6.07, 6.45) is 3.27. The molecule has 1 aliphatic rings. The van der Waals surface area contributed by atoms with Crippen LogP contribution in [-0.2, 0) is 0 Å². The van der Waals surface area contributed by atoms with E-state index in [1.165, 1.54) is 18.6 Å². The lowest BCUT2D eigenvalue weighted by atomic mass is 10.0. The molecule has 2 aromatic rings. The zero-order valence-corrected chi connectivity index (χ0v) is 11.5. The number of benzene rings is 1. The van der Waals surface area contributed by atoms with Crippen LogP contribution in [0.15, 0.2) is 30.3 Å². The van der Waals surface area contributed by atoms with Gasteiger partial charge in [0.2, 0.25) is 0 Å². The molecule has 0 aliphatic carbocycles. The number of likely N-dealkylation sites (tertiary alicyclic amines) is 1. The van der Waals surface area contributed by atoms with E-state index in [1.807, 2.05) is 4.90 Å². The van der Waals surface area contributed by atoms with Crippen LogP contribution in [-0.4, -0.2) is 28.4 Å². The molecule has 1 aliphatic heterocycles. The summed E-state index contributed by atoms with van der Waals surface area (Å²) in [5.74, 6) is -0.313. The van der Waals surface area contributed by atoms with Gasteiger partial charge in [0.15, 0.2) is 0 Å². The molecule has 0 N–H and O–H groups in total. The normalized spacial score (nSPS) is 19.3. The number of pyridine rings is 1. The molecule has 1 unspecified atom stereocenters. The third-order valence-electron chi connectivity index (χ3n) is 3.93. The number of rotatable bonds is 1. The minimum Gasteiger partial charge on any atom is -0.335 e. The summed E-state index contributed by atoms with van der Waals surface area (Å²) in [7, 11) is 0. The molecule has 1 fully saturated rings. The number of hydrogen-bond acceptors (Lipinski definition) is 2. The summed E-state index contributed by atoms with van der Waals surface area (Å²) >= 11 is 0. The Labute approximate surface area is 117 Å². The summed E-state index contributed by atoms with van der Waals surface area (Å²) in [6.45, 7) is 2.87. The van der Waals surface area contributed by atoms with Crippen molar-refractivity contribution in [2.45, 2.75) is 32.2 Å². The number of carbonyl (C=O) groups is 1. The molecule has 1 atom stereocenters. The van der Waals surface area contributed by atoms with E-state index in [0.717, 1.165) is 19.4 Å². The Morgan fingerprint density at radius 1 is 1.30 bits per heavy atom. The Kier molecular flexibility index (Phi) is 3.38. The summed E-state index contributed by atoms with van der Waals surface area (Å²) in [5.41, 5.74) is 1.10. The van der Waals surface area contributed by atoms with Gasteiger partial charge < -0.3 is 4.90 Å². The Morgan fingerprint density at radius 2 is 2.15 bits per heavy atom. The highest BCUT2D eigenvalue weighted by molar-refractivity contribution is 5.95. The van der Waals surface area contributed by atoms with Gasteiger partial charge in [0.25, 0.3) is 5.91 Å². The predicted molar refractivity (Wildman–Crippen MR) is 76.1 cm³/mol. The predicted octanol–water partition coefficient (Wildman–Crippen LogP) is 3.39. The highest BCUT2D eigenvalue weighted by Gasteiger charge is 2.25. The highest BCUT2D eigenvalue weighted by Crippen LogP contribution is 2.20. The molecule has 0 spiro atoms. The quantitative estimate of drug-likeness (QED) is 0.797. The maximum Gasteiger partial charge on any atom is 0.272 e. The zero-order valence-electron chi connectivity index (χ0n) is 11.5. The fraction of sp³-hybridized carbons (Fsp3) is 0.375. The van der Waals surface area contributed by atoms with E-state index in [9.17, 15) is 9.18 Å². The first-order chi connectivity index (χ1) is 9.65. The van der Waals surface area contributed by atoms with Crippen molar-refractivity contribution in [1.82, 2.24) is 9.88 Å². The van der Waals surface area contributed by atoms with Crippen LogP contribution < -0.4 is 0 Å². The third-order valence-corrected chi connectivity index (χ3v) is 3.93. The number of hydrogen-bond donors (Lipinski definition) is 0. The van der Waals surface area contributed by atoms with Crippen molar-refractivity contribution < 1.29 is 9.18 Å².